The summed E-state index contributed by atoms with van der Waals surface area (Å²) in [7, 11) is 0. The molecule has 0 amide bonds. The van der Waals surface area contributed by atoms with Crippen LogP contribution in [-0.2, 0) is 6.18 Å². The fraction of sp³-hybridized carbons (Fsp3) is 0.0625. The molecule has 0 aliphatic carbocycles. The number of hydrogen-bond donors (Lipinski definition) is 0. The van der Waals surface area contributed by atoms with Gasteiger partial charge in [-0.25, -0.2) is 0 Å². The van der Waals surface area contributed by atoms with E-state index in [-0.39, 0.29) is 0 Å². The molecule has 1 nitrogen and oxygen atoms in total. The van der Waals surface area contributed by atoms with E-state index in [9.17, 15) is 18.0 Å². The normalized spacial score (nSPS) is 10.6. The van der Waals surface area contributed by atoms with Gasteiger partial charge in [0, 0.05) is 16.7 Å². The van der Waals surface area contributed by atoms with Gasteiger partial charge in [-0.05, 0) is 30.3 Å². The van der Waals surface area contributed by atoms with Crippen molar-refractivity contribution in [2.75, 3.05) is 0 Å². The molecule has 0 bridgehead atoms. The highest BCUT2D eigenvalue weighted by Crippen LogP contribution is 2.29. The third-order valence-corrected chi connectivity index (χ3v) is 2.59. The first-order chi connectivity index (χ1) is 9.49. The number of halogens is 3. The maximum absolute atomic E-state index is 12.5. The maximum atomic E-state index is 12.5. The third-order valence-electron chi connectivity index (χ3n) is 2.59. The van der Waals surface area contributed by atoms with Gasteiger partial charge >= 0.3 is 6.18 Å². The van der Waals surface area contributed by atoms with Gasteiger partial charge in [0.05, 0.1) is 5.56 Å². The van der Waals surface area contributed by atoms with Crippen LogP contribution in [0.2, 0.25) is 0 Å². The van der Waals surface area contributed by atoms with Crippen LogP contribution in [0.1, 0.15) is 27.0 Å². The van der Waals surface area contributed by atoms with Gasteiger partial charge in [-0.1, -0.05) is 30.0 Å². The Morgan fingerprint density at radius 2 is 1.55 bits per heavy atom. The molecule has 0 saturated carbocycles. The van der Waals surface area contributed by atoms with Crippen molar-refractivity contribution in [2.45, 2.75) is 6.18 Å². The topological polar surface area (TPSA) is 17.1 Å². The second-order valence-electron chi connectivity index (χ2n) is 4.07. The predicted molar refractivity (Wildman–Crippen MR) is 69.3 cm³/mol. The van der Waals surface area contributed by atoms with E-state index in [2.05, 4.69) is 11.8 Å². The number of alkyl halides is 3. The molecule has 0 aliphatic rings. The maximum Gasteiger partial charge on any atom is 0.416 e. The molecule has 0 radical (unpaired) electrons. The first-order valence-electron chi connectivity index (χ1n) is 5.73. The second-order valence-corrected chi connectivity index (χ2v) is 4.07. The molecule has 0 spiro atoms. The monoisotopic (exact) mass is 274 g/mol. The largest absolute Gasteiger partial charge is 0.416 e. The highest BCUT2D eigenvalue weighted by Gasteiger charge is 2.30. The number of carbonyl (C=O) groups is 1. The average Bonchev–Trinajstić information content (AvgIpc) is 2.45. The summed E-state index contributed by atoms with van der Waals surface area (Å²) in [5.74, 6) is 5.43. The zero-order chi connectivity index (χ0) is 14.6. The zero-order valence-electron chi connectivity index (χ0n) is 10.2. The highest BCUT2D eigenvalue weighted by molar-refractivity contribution is 5.74. The van der Waals surface area contributed by atoms with Gasteiger partial charge in [0.15, 0.2) is 0 Å². The summed E-state index contributed by atoms with van der Waals surface area (Å²) in [6.07, 6.45) is -3.66. The predicted octanol–water partition coefficient (Wildman–Crippen LogP) is 3.92. The van der Waals surface area contributed by atoms with E-state index in [1.807, 2.05) is 0 Å². The van der Waals surface area contributed by atoms with Crippen molar-refractivity contribution < 1.29 is 18.0 Å². The second kappa shape index (κ2) is 5.62. The number of aldehydes is 1. The molecule has 20 heavy (non-hydrogen) atoms. The van der Waals surface area contributed by atoms with Gasteiger partial charge in [0.25, 0.3) is 0 Å². The van der Waals surface area contributed by atoms with Crippen molar-refractivity contribution in [1.29, 1.82) is 0 Å². The molecule has 0 fully saturated rings. The van der Waals surface area contributed by atoms with Crippen LogP contribution in [0, 0.1) is 11.8 Å². The quantitative estimate of drug-likeness (QED) is 0.569. The Morgan fingerprint density at radius 1 is 0.900 bits per heavy atom. The summed E-state index contributed by atoms with van der Waals surface area (Å²) in [6.45, 7) is 0. The molecule has 100 valence electrons. The van der Waals surface area contributed by atoms with Crippen LogP contribution < -0.4 is 0 Å². The van der Waals surface area contributed by atoms with Crippen LogP contribution in [0.4, 0.5) is 13.2 Å². The fourth-order valence-electron chi connectivity index (χ4n) is 1.56. The van der Waals surface area contributed by atoms with E-state index in [1.54, 1.807) is 24.3 Å². The number of benzene rings is 2. The van der Waals surface area contributed by atoms with Crippen molar-refractivity contribution in [2.24, 2.45) is 0 Å². The van der Waals surface area contributed by atoms with Gasteiger partial charge in [-0.15, -0.1) is 0 Å². The summed E-state index contributed by atoms with van der Waals surface area (Å²) in [5.41, 5.74) is 0.725. The molecule has 2 aromatic rings. The minimum Gasteiger partial charge on any atom is -0.298 e. The summed E-state index contributed by atoms with van der Waals surface area (Å²) < 4.78 is 37.6. The summed E-state index contributed by atoms with van der Waals surface area (Å²) in [4.78, 5) is 10.5. The lowest BCUT2D eigenvalue weighted by Gasteiger charge is -2.05. The lowest BCUT2D eigenvalue weighted by Crippen LogP contribution is -2.04. The van der Waals surface area contributed by atoms with Gasteiger partial charge in [0.2, 0.25) is 0 Å². The third kappa shape index (κ3) is 3.48. The number of rotatable bonds is 1. The SMILES string of the molecule is O=Cc1ccc(C#Cc2cccc(C(F)(F)F)c2)cc1. The molecular weight excluding hydrogens is 265 g/mol. The molecule has 0 N–H and O–H groups in total. The first-order valence-corrected chi connectivity index (χ1v) is 5.73. The highest BCUT2D eigenvalue weighted by atomic mass is 19.4. The van der Waals surface area contributed by atoms with Crippen LogP contribution in [0.5, 0.6) is 0 Å². The molecule has 0 atom stereocenters. The summed E-state index contributed by atoms with van der Waals surface area (Å²) in [6, 6.07) is 11.3. The van der Waals surface area contributed by atoms with Crippen molar-refractivity contribution in [3.05, 3.63) is 70.8 Å². The summed E-state index contributed by atoms with van der Waals surface area (Å²) in [5, 5.41) is 0. The average molecular weight is 274 g/mol. The minimum atomic E-state index is -4.37. The molecule has 0 aliphatic heterocycles. The fourth-order valence-corrected chi connectivity index (χ4v) is 1.56. The Balaban J connectivity index is 2.26. The Kier molecular flexibility index (Phi) is 3.90. The Bertz CT molecular complexity index is 673. The lowest BCUT2D eigenvalue weighted by atomic mass is 10.1. The number of carbonyl (C=O) groups excluding carboxylic acids is 1. The lowest BCUT2D eigenvalue weighted by molar-refractivity contribution is -0.137. The Labute approximate surface area is 114 Å². The zero-order valence-corrected chi connectivity index (χ0v) is 10.2. The van der Waals surface area contributed by atoms with Crippen LogP contribution in [0.25, 0.3) is 0 Å². The van der Waals surface area contributed by atoms with Gasteiger partial charge in [0.1, 0.15) is 6.29 Å². The van der Waals surface area contributed by atoms with Crippen LogP contribution in [0.15, 0.2) is 48.5 Å². The molecule has 4 heteroatoms. The van der Waals surface area contributed by atoms with Crippen molar-refractivity contribution in [3.63, 3.8) is 0 Å². The van der Waals surface area contributed by atoms with Crippen molar-refractivity contribution in [1.82, 2.24) is 0 Å². The van der Waals surface area contributed by atoms with Crippen LogP contribution in [-0.4, -0.2) is 6.29 Å². The van der Waals surface area contributed by atoms with E-state index < -0.39 is 11.7 Å². The van der Waals surface area contributed by atoms with Crippen molar-refractivity contribution >= 4 is 6.29 Å². The van der Waals surface area contributed by atoms with Gasteiger partial charge < -0.3 is 0 Å². The standard InChI is InChI=1S/C16H9F3O/c17-16(18,19)15-3-1-2-13(10-15)7-4-12-5-8-14(11-20)9-6-12/h1-3,5-6,8-11H. The van der Waals surface area contributed by atoms with Crippen molar-refractivity contribution in [3.8, 4) is 11.8 Å². The van der Waals surface area contributed by atoms with Gasteiger partial charge in [-0.3, -0.25) is 4.79 Å². The molecule has 0 heterocycles. The van der Waals surface area contributed by atoms with E-state index in [4.69, 9.17) is 0 Å². The van der Waals surface area contributed by atoms with Crippen LogP contribution >= 0.6 is 0 Å². The minimum absolute atomic E-state index is 0.291. The van der Waals surface area contributed by atoms with E-state index in [0.717, 1.165) is 12.1 Å². The molecule has 2 aromatic carbocycles. The Hall–Kier alpha value is -2.54. The smallest absolute Gasteiger partial charge is 0.298 e. The number of hydrogen-bond acceptors (Lipinski definition) is 1. The Morgan fingerprint density at radius 3 is 2.15 bits per heavy atom. The van der Waals surface area contributed by atoms with E-state index in [1.165, 1.54) is 12.1 Å². The molecule has 2 rings (SSSR count). The molecule has 0 aromatic heterocycles. The first kappa shape index (κ1) is 13.9. The van der Waals surface area contributed by atoms with Gasteiger partial charge in [-0.2, -0.15) is 13.2 Å². The van der Waals surface area contributed by atoms with Crippen LogP contribution in [0.3, 0.4) is 0 Å². The van der Waals surface area contributed by atoms with E-state index in [0.29, 0.717) is 23.0 Å². The molecule has 0 unspecified atom stereocenters. The molecule has 0 saturated heterocycles. The summed E-state index contributed by atoms with van der Waals surface area (Å²) >= 11 is 0. The molecular formula is C16H9F3O. The van der Waals surface area contributed by atoms with E-state index >= 15 is 0 Å².